The minimum absolute atomic E-state index is 0.109. The Labute approximate surface area is 219 Å². The molecular weight excluding hydrogens is 508 g/mol. The van der Waals surface area contributed by atoms with Gasteiger partial charge in [-0.05, 0) is 42.5 Å². The molecule has 0 bridgehead atoms. The number of nitrogens with zero attached hydrogens (tertiary/aromatic N) is 5. The Bertz CT molecular complexity index is 1720. The number of hydrogen-bond donors (Lipinski definition) is 2. The lowest BCUT2D eigenvalue weighted by Gasteiger charge is -2.39. The van der Waals surface area contributed by atoms with E-state index in [0.717, 1.165) is 6.20 Å². The summed E-state index contributed by atoms with van der Waals surface area (Å²) in [7, 11) is 0. The number of nitriles is 1. The number of amides is 1. The number of ether oxygens (including phenoxy) is 2. The van der Waals surface area contributed by atoms with Gasteiger partial charge in [0.25, 0.3) is 17.9 Å². The maximum absolute atomic E-state index is 15.4. The molecule has 39 heavy (non-hydrogen) atoms. The van der Waals surface area contributed by atoms with Crippen LogP contribution in [0.15, 0.2) is 66.0 Å². The third-order valence-electron chi connectivity index (χ3n) is 6.41. The Morgan fingerprint density at radius 1 is 1.10 bits per heavy atom. The number of hydrogen-bond acceptors (Lipinski definition) is 9. The normalized spacial score (nSPS) is 17.1. The van der Waals surface area contributed by atoms with E-state index in [4.69, 9.17) is 20.5 Å². The first-order valence-electron chi connectivity index (χ1n) is 11.7. The lowest BCUT2D eigenvalue weighted by Crippen LogP contribution is -2.39. The molecule has 0 radical (unpaired) electrons. The van der Waals surface area contributed by atoms with Crippen molar-refractivity contribution in [3.05, 3.63) is 95.2 Å². The number of aliphatic imine (C=N–C) groups is 1. The van der Waals surface area contributed by atoms with Gasteiger partial charge in [-0.2, -0.15) is 9.65 Å². The molecule has 3 aromatic heterocycles. The van der Waals surface area contributed by atoms with Crippen LogP contribution in [0.4, 0.5) is 14.5 Å². The molecule has 192 valence electrons. The SMILES string of the molecule is N#Cc1ccc(C(=O)Nc2ccc3c(c2)C2(CCOC(N)=N2)c2cc(-c4cncc(F)c4)nc(F)c2O3)nc1. The van der Waals surface area contributed by atoms with Gasteiger partial charge in [0.1, 0.15) is 28.9 Å². The minimum atomic E-state index is -1.25. The van der Waals surface area contributed by atoms with E-state index in [2.05, 4.69) is 25.3 Å². The van der Waals surface area contributed by atoms with Crippen LogP contribution in [0.5, 0.6) is 11.5 Å². The molecule has 0 aliphatic carbocycles. The molecule has 6 rings (SSSR count). The van der Waals surface area contributed by atoms with Gasteiger partial charge in [-0.25, -0.2) is 19.4 Å². The van der Waals surface area contributed by atoms with Gasteiger partial charge >= 0.3 is 0 Å². The van der Waals surface area contributed by atoms with Gasteiger partial charge < -0.3 is 20.5 Å². The molecule has 1 amide bonds. The van der Waals surface area contributed by atoms with Gasteiger partial charge in [0, 0.05) is 41.2 Å². The number of rotatable bonds is 3. The first-order valence-corrected chi connectivity index (χ1v) is 11.7. The number of anilines is 1. The molecule has 0 fully saturated rings. The van der Waals surface area contributed by atoms with Crippen molar-refractivity contribution in [2.75, 3.05) is 11.9 Å². The number of amidine groups is 1. The highest BCUT2D eigenvalue weighted by atomic mass is 19.1. The number of carbonyl (C=O) groups excluding carboxylic acids is 1. The Morgan fingerprint density at radius 2 is 1.97 bits per heavy atom. The van der Waals surface area contributed by atoms with Crippen LogP contribution in [0.25, 0.3) is 11.3 Å². The Morgan fingerprint density at radius 3 is 2.72 bits per heavy atom. The first-order chi connectivity index (χ1) is 18.9. The summed E-state index contributed by atoms with van der Waals surface area (Å²) in [5, 5.41) is 11.7. The summed E-state index contributed by atoms with van der Waals surface area (Å²) in [5.41, 5.74) is 6.77. The highest BCUT2D eigenvalue weighted by Crippen LogP contribution is 2.53. The molecule has 1 aromatic carbocycles. The van der Waals surface area contributed by atoms with Crippen molar-refractivity contribution in [2.24, 2.45) is 10.7 Å². The van der Waals surface area contributed by atoms with Crippen molar-refractivity contribution in [3.63, 3.8) is 0 Å². The van der Waals surface area contributed by atoms with E-state index < -0.39 is 23.2 Å². The summed E-state index contributed by atoms with van der Waals surface area (Å²) < 4.78 is 40.6. The standard InChI is InChI=1S/C27H17F2N7O3/c28-16-7-15(12-32-13-16)21-9-19-23(24(29)35-21)39-22-4-2-17(8-18(22)27(19)5-6-38-26(31)36-27)34-25(37)20-3-1-14(10-30)11-33-20/h1-4,7-9,11-13H,5-6H2,(H2,31,36)(H,34,37). The topological polar surface area (TPSA) is 148 Å². The summed E-state index contributed by atoms with van der Waals surface area (Å²) in [5.74, 6) is -1.88. The molecule has 0 saturated carbocycles. The van der Waals surface area contributed by atoms with Crippen molar-refractivity contribution in [1.82, 2.24) is 15.0 Å². The van der Waals surface area contributed by atoms with Gasteiger partial charge in [0.2, 0.25) is 0 Å². The van der Waals surface area contributed by atoms with Gasteiger partial charge in [-0.1, -0.05) is 0 Å². The van der Waals surface area contributed by atoms with Gasteiger partial charge in [-0.15, -0.1) is 0 Å². The van der Waals surface area contributed by atoms with Crippen molar-refractivity contribution in [1.29, 1.82) is 5.26 Å². The smallest absolute Gasteiger partial charge is 0.283 e. The molecule has 5 heterocycles. The number of nitrogens with one attached hydrogen (secondary N) is 1. The summed E-state index contributed by atoms with van der Waals surface area (Å²) >= 11 is 0. The average molecular weight is 525 g/mol. The Kier molecular flexibility index (Phi) is 5.61. The molecule has 1 unspecified atom stereocenters. The molecule has 1 atom stereocenters. The van der Waals surface area contributed by atoms with Crippen LogP contribution in [0.3, 0.4) is 0 Å². The fraction of sp³-hybridized carbons (Fsp3) is 0.111. The maximum Gasteiger partial charge on any atom is 0.283 e. The summed E-state index contributed by atoms with van der Waals surface area (Å²) in [4.78, 5) is 29.2. The van der Waals surface area contributed by atoms with Crippen LogP contribution in [0.2, 0.25) is 0 Å². The molecule has 0 saturated heterocycles. The predicted molar refractivity (Wildman–Crippen MR) is 134 cm³/mol. The van der Waals surface area contributed by atoms with Crippen molar-refractivity contribution in [2.45, 2.75) is 12.0 Å². The number of pyridine rings is 3. The second-order valence-corrected chi connectivity index (χ2v) is 8.79. The van der Waals surface area contributed by atoms with E-state index in [1.54, 1.807) is 24.3 Å². The lowest BCUT2D eigenvalue weighted by atomic mass is 9.77. The zero-order valence-corrected chi connectivity index (χ0v) is 20.0. The van der Waals surface area contributed by atoms with Crippen molar-refractivity contribution < 1.29 is 23.0 Å². The zero-order chi connectivity index (χ0) is 27.1. The summed E-state index contributed by atoms with van der Waals surface area (Å²) in [6.07, 6.45) is 3.96. The van der Waals surface area contributed by atoms with E-state index in [0.29, 0.717) is 22.4 Å². The molecule has 3 N–H and O–H groups in total. The van der Waals surface area contributed by atoms with E-state index in [1.807, 2.05) is 6.07 Å². The number of benzene rings is 1. The second kappa shape index (κ2) is 9.14. The van der Waals surface area contributed by atoms with Crippen LogP contribution in [0, 0.1) is 23.1 Å². The van der Waals surface area contributed by atoms with Crippen molar-refractivity contribution >= 4 is 17.6 Å². The second-order valence-electron chi connectivity index (χ2n) is 8.79. The van der Waals surface area contributed by atoms with E-state index >= 15 is 4.39 Å². The third kappa shape index (κ3) is 4.15. The quantitative estimate of drug-likeness (QED) is 0.381. The van der Waals surface area contributed by atoms with Crippen LogP contribution >= 0.6 is 0 Å². The fourth-order valence-electron chi connectivity index (χ4n) is 4.64. The van der Waals surface area contributed by atoms with Crippen LogP contribution in [-0.2, 0) is 10.3 Å². The fourth-order valence-corrected chi connectivity index (χ4v) is 4.64. The number of aromatic nitrogens is 3. The minimum Gasteiger partial charge on any atom is -0.465 e. The highest BCUT2D eigenvalue weighted by Gasteiger charge is 2.46. The molecule has 1 spiro atoms. The van der Waals surface area contributed by atoms with Gasteiger partial charge in [0.05, 0.1) is 24.1 Å². The number of fused-ring (bicyclic) bond motifs is 4. The number of halogens is 2. The maximum atomic E-state index is 15.4. The van der Waals surface area contributed by atoms with E-state index in [9.17, 15) is 9.18 Å². The van der Waals surface area contributed by atoms with Gasteiger partial charge in [-0.3, -0.25) is 9.78 Å². The first kappa shape index (κ1) is 23.9. The van der Waals surface area contributed by atoms with Gasteiger partial charge in [0.15, 0.2) is 5.75 Å². The van der Waals surface area contributed by atoms with E-state index in [-0.39, 0.29) is 47.5 Å². The molecule has 12 heteroatoms. The highest BCUT2D eigenvalue weighted by molar-refractivity contribution is 6.03. The van der Waals surface area contributed by atoms with Crippen LogP contribution in [0.1, 0.15) is 33.6 Å². The number of carbonyl (C=O) groups is 1. The van der Waals surface area contributed by atoms with E-state index in [1.165, 1.54) is 30.6 Å². The molecule has 4 aromatic rings. The number of nitrogens with two attached hydrogens (primary N) is 1. The molecule has 2 aliphatic heterocycles. The summed E-state index contributed by atoms with van der Waals surface area (Å²) in [6, 6.07) is 12.3. The third-order valence-corrected chi connectivity index (χ3v) is 6.41. The lowest BCUT2D eigenvalue weighted by molar-refractivity contribution is 0.102. The molecule has 2 aliphatic rings. The molecular formula is C27H17F2N7O3. The predicted octanol–water partition coefficient (Wildman–Crippen LogP) is 4.03. The van der Waals surface area contributed by atoms with Crippen LogP contribution < -0.4 is 15.8 Å². The Balaban J connectivity index is 1.46. The Hall–Kier alpha value is -5.44. The zero-order valence-electron chi connectivity index (χ0n) is 20.0. The molecule has 10 nitrogen and oxygen atoms in total. The monoisotopic (exact) mass is 525 g/mol. The summed E-state index contributed by atoms with van der Waals surface area (Å²) in [6.45, 7) is 0.167. The average Bonchev–Trinajstić information content (AvgIpc) is 2.94. The van der Waals surface area contributed by atoms with Crippen molar-refractivity contribution in [3.8, 4) is 28.8 Å². The largest absolute Gasteiger partial charge is 0.465 e. The van der Waals surface area contributed by atoms with Crippen LogP contribution in [-0.4, -0.2) is 33.5 Å².